The Balaban J connectivity index is 1.24. The number of carboxylic acid groups (broad SMARTS) is 2. The lowest BCUT2D eigenvalue weighted by molar-refractivity contribution is -0.148. The Morgan fingerprint density at radius 2 is 1.31 bits per heavy atom. The van der Waals surface area contributed by atoms with Crippen LogP contribution in [0.2, 0.25) is 0 Å². The molecular formula is C79H105N13O18S3. The third kappa shape index (κ3) is 29.3. The standard InChI is InChI=1S/C79H105N13O18S3/c1-46(93)31-52(27-30-111-3)72(103)89-61-44-113-42-51-20-12-19-50(32-51)41-112-43-60(66(97)37-55(38-69(100)101)75(106)87-59(39-56-40-83-45-84-56)65(96)36-54(34-49-17-8-5-9-18-49)73(104)86-58(71(82)102)21-10-11-24-67(80)81)88-74(105)53(33-48-15-6-4-7-16-48)35-64(95)57(25-26-68(98)99)85-77(108)70(47(2)94)90-76(107)62-22-13-28-91(62)79(110)63-23-14-29-92(63)78(61)109/h4-9,12,15-20,32,40,45,47,52-55,57-63,70,94H,10-11,13-14,21-31,33-39,41-44H2,1-3H3,(H3,80,81)(H2,82,102)(H,83,84)(H,85,108)(H,86,104)(H,87,106)(H,88,105)(H,89,103)(H,90,107)(H,98,99)(H,100,101)/t47-,52-,53-,54-,55+,57+,58+,59+,60+,61+,62+,63+,70+/m1/s1. The Bertz CT molecular complexity index is 3990. The van der Waals surface area contributed by atoms with Gasteiger partial charge in [-0.2, -0.15) is 35.3 Å². The highest BCUT2D eigenvalue weighted by Gasteiger charge is 2.46. The van der Waals surface area contributed by atoms with Crippen molar-refractivity contribution < 1.29 is 87.2 Å². The summed E-state index contributed by atoms with van der Waals surface area (Å²) < 4.78 is 0. The van der Waals surface area contributed by atoms with Crippen molar-refractivity contribution in [3.8, 4) is 0 Å². The van der Waals surface area contributed by atoms with Gasteiger partial charge in [-0.05, 0) is 112 Å². The zero-order chi connectivity index (χ0) is 82.3. The largest absolute Gasteiger partial charge is 0.481 e. The van der Waals surface area contributed by atoms with Gasteiger partial charge in [0.05, 0.1) is 48.7 Å². The molecule has 9 amide bonds. The molecule has 15 N–H and O–H groups in total. The Morgan fingerprint density at radius 3 is 1.92 bits per heavy atom. The number of ketones is 4. The number of aromatic nitrogens is 2. The van der Waals surface area contributed by atoms with Crippen LogP contribution in [-0.2, 0) is 103 Å². The summed E-state index contributed by atoms with van der Waals surface area (Å²) in [5, 5.41) is 55.3. The first-order valence-electron chi connectivity index (χ1n) is 38.0. The number of nitrogens with zero attached hydrogens (tertiary/aromatic N) is 3. The Hall–Kier alpha value is -9.80. The van der Waals surface area contributed by atoms with E-state index in [0.717, 1.165) is 17.3 Å². The van der Waals surface area contributed by atoms with Gasteiger partial charge in [-0.1, -0.05) is 91.3 Å². The number of thioether (sulfide) groups is 3. The summed E-state index contributed by atoms with van der Waals surface area (Å²) in [5.41, 5.74) is 14.2. The second-order valence-corrected chi connectivity index (χ2v) is 32.2. The molecule has 0 radical (unpaired) electrons. The van der Waals surface area contributed by atoms with Crippen LogP contribution in [0.1, 0.15) is 145 Å². The predicted molar refractivity (Wildman–Crippen MR) is 424 cm³/mol. The van der Waals surface area contributed by atoms with Gasteiger partial charge in [0.15, 0.2) is 17.3 Å². The second kappa shape index (κ2) is 45.8. The number of nitrogens with one attached hydrogen (secondary N) is 8. The van der Waals surface area contributed by atoms with Crippen LogP contribution in [0.4, 0.5) is 0 Å². The quantitative estimate of drug-likeness (QED) is 0.0178. The van der Waals surface area contributed by atoms with Crippen molar-refractivity contribution in [3.05, 3.63) is 125 Å². The molecule has 1 aromatic heterocycles. The maximum absolute atomic E-state index is 15.3. The number of aromatic amines is 1. The Kier molecular flexibility index (Phi) is 36.6. The molecule has 3 aliphatic heterocycles. The van der Waals surface area contributed by atoms with Gasteiger partial charge in [-0.15, -0.1) is 0 Å². The van der Waals surface area contributed by atoms with E-state index >= 15 is 14.4 Å². The van der Waals surface area contributed by atoms with E-state index in [-0.39, 0.29) is 99.1 Å². The number of amidine groups is 1. The number of benzene rings is 3. The zero-order valence-electron chi connectivity index (χ0n) is 63.8. The van der Waals surface area contributed by atoms with Gasteiger partial charge in [-0.3, -0.25) is 72.5 Å². The molecule has 13 atom stereocenters. The first-order valence-corrected chi connectivity index (χ1v) is 41.7. The minimum atomic E-state index is -1.81. The number of carboxylic acids is 2. The fourth-order valence-corrected chi connectivity index (χ4v) is 16.7. The SMILES string of the molecule is CSCC[C@H](CC(C)=O)C(=O)N[C@H]1CSCc2cccc(c2)CSC[C@@H](C(=O)C[C@@H](CC(=O)O)C(=O)N[C@@H](Cc2cnc[nH]2)C(=O)C[C@@H](Cc2ccccc2)C(=O)N[C@@H](CCCCC(=N)N)C(N)=O)NC(=O)[C@H](Cc2ccccc2)CC(=O)[C@H](CCC(=O)O)NC(=O)[C@H]([C@@H](C)O)NC(=O)[C@@H]2CCCN2C(=O)[C@@H]2CCCN2C1=O. The predicted octanol–water partition coefficient (Wildman–Crippen LogP) is 3.29. The van der Waals surface area contributed by atoms with Crippen molar-refractivity contribution in [2.75, 3.05) is 36.6 Å². The minimum Gasteiger partial charge on any atom is -0.481 e. The maximum atomic E-state index is 15.3. The zero-order valence-corrected chi connectivity index (χ0v) is 66.3. The molecule has 0 spiro atoms. The molecule has 31 nitrogen and oxygen atoms in total. The van der Waals surface area contributed by atoms with Gasteiger partial charge in [0, 0.05) is 111 Å². The monoisotopic (exact) mass is 1620 g/mol. The average Bonchev–Trinajstić information content (AvgIpc) is 1.66. The lowest BCUT2D eigenvalue weighted by atomic mass is 9.88. The van der Waals surface area contributed by atoms with E-state index in [1.54, 1.807) is 72.8 Å². The number of H-pyrrole nitrogens is 1. The van der Waals surface area contributed by atoms with E-state index in [9.17, 15) is 72.9 Å². The number of aliphatic hydroxyl groups excluding tert-OH is 1. The van der Waals surface area contributed by atoms with Crippen molar-refractivity contribution in [3.63, 3.8) is 0 Å². The number of aliphatic hydroxyl groups is 1. The normalized spacial score (nSPS) is 21.3. The first kappa shape index (κ1) is 90.4. The lowest BCUT2D eigenvalue weighted by Crippen LogP contribution is -2.60. The van der Waals surface area contributed by atoms with Crippen LogP contribution in [-0.4, -0.2) is 220 Å². The summed E-state index contributed by atoms with van der Waals surface area (Å²) in [5.74, 6) is -17.2. The highest BCUT2D eigenvalue weighted by molar-refractivity contribution is 7.99. The van der Waals surface area contributed by atoms with Crippen molar-refractivity contribution in [1.82, 2.24) is 51.7 Å². The number of rotatable bonds is 35. The maximum Gasteiger partial charge on any atom is 0.304 e. The number of amides is 9. The smallest absolute Gasteiger partial charge is 0.304 e. The summed E-state index contributed by atoms with van der Waals surface area (Å²) >= 11 is 3.95. The van der Waals surface area contributed by atoms with Crippen molar-refractivity contribution in [2.24, 2.45) is 35.1 Å². The van der Waals surface area contributed by atoms with Crippen LogP contribution in [0.25, 0.3) is 0 Å². The second-order valence-electron chi connectivity index (χ2n) is 29.1. The third-order valence-electron chi connectivity index (χ3n) is 20.1. The topological polar surface area (TPSA) is 500 Å². The molecule has 3 aliphatic rings. The molecule has 3 aromatic carbocycles. The summed E-state index contributed by atoms with van der Waals surface area (Å²) in [7, 11) is 0. The highest BCUT2D eigenvalue weighted by Crippen LogP contribution is 2.29. The number of primary amides is 1. The third-order valence-corrected chi connectivity index (χ3v) is 23.0. The molecule has 2 fully saturated rings. The molecule has 2 bridgehead atoms. The van der Waals surface area contributed by atoms with E-state index in [1.807, 2.05) is 18.4 Å². The van der Waals surface area contributed by atoms with Crippen LogP contribution in [0.15, 0.2) is 97.5 Å². The Morgan fingerprint density at radius 1 is 0.673 bits per heavy atom. The summed E-state index contributed by atoms with van der Waals surface area (Å²) in [6, 6.07) is 13.1. The molecule has 612 valence electrons. The molecule has 0 unspecified atom stereocenters. The van der Waals surface area contributed by atoms with Crippen molar-refractivity contribution in [2.45, 2.75) is 202 Å². The van der Waals surface area contributed by atoms with Gasteiger partial charge in [0.25, 0.3) is 0 Å². The van der Waals surface area contributed by atoms with Gasteiger partial charge in [0.1, 0.15) is 36.0 Å². The number of hydrogen-bond acceptors (Lipinski definition) is 21. The number of unbranched alkanes of at least 4 members (excludes halogenated alkanes) is 1. The molecule has 34 heteroatoms. The van der Waals surface area contributed by atoms with Gasteiger partial charge >= 0.3 is 11.9 Å². The molecule has 113 heavy (non-hydrogen) atoms. The van der Waals surface area contributed by atoms with E-state index < -0.39 is 199 Å². The van der Waals surface area contributed by atoms with Crippen LogP contribution < -0.4 is 43.4 Å². The minimum absolute atomic E-state index is 0.00742. The lowest BCUT2D eigenvalue weighted by Gasteiger charge is -2.34. The van der Waals surface area contributed by atoms with Crippen LogP contribution in [0, 0.1) is 29.1 Å². The highest BCUT2D eigenvalue weighted by atomic mass is 32.2. The molecule has 2 saturated heterocycles. The summed E-state index contributed by atoms with van der Waals surface area (Å²) in [4.78, 5) is 223. The average molecular weight is 1620 g/mol. The van der Waals surface area contributed by atoms with Crippen molar-refractivity contribution >= 4 is 129 Å². The van der Waals surface area contributed by atoms with E-state index in [0.29, 0.717) is 60.2 Å². The number of aliphatic carboxylic acids is 2. The van der Waals surface area contributed by atoms with Gasteiger partial charge in [0.2, 0.25) is 53.2 Å². The van der Waals surface area contributed by atoms with E-state index in [4.69, 9.17) is 16.9 Å². The van der Waals surface area contributed by atoms with Crippen LogP contribution in [0.5, 0.6) is 0 Å². The van der Waals surface area contributed by atoms with Crippen LogP contribution >= 0.6 is 35.3 Å². The number of carbonyl (C=O) groups excluding carboxylic acids is 13. The molecule has 4 heterocycles. The number of imidazole rings is 1. The molecular weight excluding hydrogens is 1520 g/mol. The summed E-state index contributed by atoms with van der Waals surface area (Å²) in [6.07, 6.45) is 0.493. The summed E-state index contributed by atoms with van der Waals surface area (Å²) in [6.45, 7) is 2.77. The van der Waals surface area contributed by atoms with E-state index in [2.05, 4.69) is 41.9 Å². The number of fused-ring (bicyclic) bond motifs is 4. The first-order chi connectivity index (χ1) is 54.0. The van der Waals surface area contributed by atoms with Crippen molar-refractivity contribution in [1.29, 1.82) is 5.41 Å². The molecule has 0 saturated carbocycles. The molecule has 0 aliphatic carbocycles. The number of nitrogens with two attached hydrogens (primary N) is 2. The van der Waals surface area contributed by atoms with Crippen LogP contribution in [0.3, 0.4) is 0 Å². The molecule has 4 aromatic rings. The van der Waals surface area contributed by atoms with E-state index in [1.165, 1.54) is 59.7 Å². The Labute approximate surface area is 669 Å². The van der Waals surface area contributed by atoms with Gasteiger partial charge in [-0.25, -0.2) is 4.98 Å². The molecule has 7 rings (SSSR count). The number of carbonyl (C=O) groups is 15. The number of hydrogen-bond donors (Lipinski definition) is 13. The fraction of sp³-hybridized carbons (Fsp3) is 0.532. The fourth-order valence-electron chi connectivity index (χ4n) is 14.1. The van der Waals surface area contributed by atoms with Gasteiger partial charge < -0.3 is 78.3 Å². The number of Topliss-reactive ketones (excluding diaryl/α,β-unsaturated/α-hetero) is 4.